The fourth-order valence-corrected chi connectivity index (χ4v) is 2.29. The van der Waals surface area contributed by atoms with E-state index in [4.69, 9.17) is 0 Å². The van der Waals surface area contributed by atoms with Crippen molar-refractivity contribution < 1.29 is 0 Å². The number of thiazole rings is 1. The van der Waals surface area contributed by atoms with E-state index in [2.05, 4.69) is 36.2 Å². The topological polar surface area (TPSA) is 32.9 Å². The Labute approximate surface area is 92.6 Å². The first kappa shape index (κ1) is 10.2. The number of nitrogens with one attached hydrogen (secondary N) is 1. The highest BCUT2D eigenvalue weighted by Crippen LogP contribution is 2.22. The number of hydrogen-bond acceptors (Lipinski definition) is 2. The molecule has 0 aliphatic rings. The second-order valence-electron chi connectivity index (χ2n) is 3.50. The van der Waals surface area contributed by atoms with E-state index in [0.717, 1.165) is 22.6 Å². The third-order valence-electron chi connectivity index (χ3n) is 2.48. The number of aryl methyl sites for hydroxylation is 2. The van der Waals surface area contributed by atoms with Crippen LogP contribution >= 0.6 is 11.3 Å². The van der Waals surface area contributed by atoms with Gasteiger partial charge in [0.1, 0.15) is 0 Å². The maximum atomic E-state index is 11.2. The number of H-pyrrole nitrogens is 1. The molecule has 78 valence electrons. The molecule has 2 rings (SSSR count). The molecule has 0 bridgehead atoms. The van der Waals surface area contributed by atoms with Crippen LogP contribution in [0.3, 0.4) is 0 Å². The van der Waals surface area contributed by atoms with Crippen LogP contribution in [-0.2, 0) is 6.42 Å². The van der Waals surface area contributed by atoms with Gasteiger partial charge in [-0.25, -0.2) is 0 Å². The Bertz CT molecular complexity index is 507. The molecule has 2 aromatic rings. The number of rotatable bonds is 2. The highest BCUT2D eigenvalue weighted by Gasteiger charge is 2.05. The second-order valence-corrected chi connectivity index (χ2v) is 4.68. The second kappa shape index (κ2) is 4.03. The van der Waals surface area contributed by atoms with Gasteiger partial charge >= 0.3 is 4.87 Å². The van der Waals surface area contributed by atoms with Crippen LogP contribution in [0.4, 0.5) is 0 Å². The van der Waals surface area contributed by atoms with Crippen LogP contribution in [-0.4, -0.2) is 4.98 Å². The molecule has 1 heterocycles. The van der Waals surface area contributed by atoms with Gasteiger partial charge in [-0.15, -0.1) is 0 Å². The molecule has 3 heteroatoms. The minimum absolute atomic E-state index is 0.0158. The zero-order valence-electron chi connectivity index (χ0n) is 8.83. The standard InChI is InChI=1S/C12H13NOS/c1-3-9-4-6-10(7-5-9)11-8(2)15-12(14)13-11/h4-7H,3H2,1-2H3,(H,13,14). The minimum atomic E-state index is 0.0158. The fourth-order valence-electron chi connectivity index (χ4n) is 1.59. The number of aromatic amines is 1. The molecule has 0 spiro atoms. The smallest absolute Gasteiger partial charge is 0.305 e. The molecular weight excluding hydrogens is 206 g/mol. The monoisotopic (exact) mass is 219 g/mol. The van der Waals surface area contributed by atoms with E-state index in [-0.39, 0.29) is 4.87 Å². The molecule has 0 radical (unpaired) electrons. The SMILES string of the molecule is CCc1ccc(-c2[nH]c(=O)sc2C)cc1. The van der Waals surface area contributed by atoms with Crippen LogP contribution in [0.1, 0.15) is 17.4 Å². The predicted octanol–water partition coefficient (Wildman–Crippen LogP) is 2.97. The van der Waals surface area contributed by atoms with Crippen molar-refractivity contribution in [2.45, 2.75) is 20.3 Å². The molecule has 1 aromatic carbocycles. The molecule has 0 aliphatic carbocycles. The molecule has 0 aliphatic heterocycles. The van der Waals surface area contributed by atoms with E-state index in [9.17, 15) is 4.79 Å². The van der Waals surface area contributed by atoms with Gasteiger partial charge in [-0.1, -0.05) is 42.5 Å². The minimum Gasteiger partial charge on any atom is -0.312 e. The van der Waals surface area contributed by atoms with Gasteiger partial charge in [0.05, 0.1) is 5.69 Å². The maximum Gasteiger partial charge on any atom is 0.305 e. The zero-order valence-corrected chi connectivity index (χ0v) is 9.65. The average Bonchev–Trinajstić information content (AvgIpc) is 2.58. The van der Waals surface area contributed by atoms with Crippen LogP contribution in [0.5, 0.6) is 0 Å². The van der Waals surface area contributed by atoms with Gasteiger partial charge in [0.2, 0.25) is 0 Å². The summed E-state index contributed by atoms with van der Waals surface area (Å²) in [6.45, 7) is 4.10. The molecule has 0 amide bonds. The third kappa shape index (κ3) is 2.02. The molecular formula is C12H13NOS. The van der Waals surface area contributed by atoms with Crippen molar-refractivity contribution in [3.63, 3.8) is 0 Å². The summed E-state index contributed by atoms with van der Waals surface area (Å²) >= 11 is 1.26. The highest BCUT2D eigenvalue weighted by molar-refractivity contribution is 7.09. The molecule has 0 fully saturated rings. The van der Waals surface area contributed by atoms with Crippen molar-refractivity contribution >= 4 is 11.3 Å². The van der Waals surface area contributed by atoms with E-state index in [1.54, 1.807) is 0 Å². The van der Waals surface area contributed by atoms with Gasteiger partial charge in [-0.05, 0) is 24.5 Å². The predicted molar refractivity (Wildman–Crippen MR) is 64.5 cm³/mol. The Kier molecular flexibility index (Phi) is 2.73. The Balaban J connectivity index is 2.45. The first-order chi connectivity index (χ1) is 7.20. The average molecular weight is 219 g/mol. The summed E-state index contributed by atoms with van der Waals surface area (Å²) in [5.74, 6) is 0. The van der Waals surface area contributed by atoms with Crippen molar-refractivity contribution in [3.05, 3.63) is 44.4 Å². The van der Waals surface area contributed by atoms with Crippen molar-refractivity contribution in [1.29, 1.82) is 0 Å². The molecule has 0 unspecified atom stereocenters. The third-order valence-corrected chi connectivity index (χ3v) is 3.27. The van der Waals surface area contributed by atoms with Gasteiger partial charge in [0.15, 0.2) is 0 Å². The van der Waals surface area contributed by atoms with Crippen molar-refractivity contribution in [1.82, 2.24) is 4.98 Å². The lowest BCUT2D eigenvalue weighted by molar-refractivity contribution is 1.14. The molecule has 1 N–H and O–H groups in total. The molecule has 0 saturated heterocycles. The van der Waals surface area contributed by atoms with Crippen LogP contribution in [0.25, 0.3) is 11.3 Å². The van der Waals surface area contributed by atoms with Crippen LogP contribution in [0.15, 0.2) is 29.1 Å². The molecule has 1 aromatic heterocycles. The molecule has 15 heavy (non-hydrogen) atoms. The summed E-state index contributed by atoms with van der Waals surface area (Å²) in [5.41, 5.74) is 3.35. The fraction of sp³-hybridized carbons (Fsp3) is 0.250. The van der Waals surface area contributed by atoms with Crippen molar-refractivity contribution in [3.8, 4) is 11.3 Å². The van der Waals surface area contributed by atoms with E-state index in [1.165, 1.54) is 16.9 Å². The summed E-state index contributed by atoms with van der Waals surface area (Å²) in [6, 6.07) is 8.32. The molecule has 0 saturated carbocycles. The van der Waals surface area contributed by atoms with E-state index in [1.807, 2.05) is 6.92 Å². The quantitative estimate of drug-likeness (QED) is 0.827. The number of aromatic nitrogens is 1. The molecule has 0 atom stereocenters. The normalized spacial score (nSPS) is 10.5. The van der Waals surface area contributed by atoms with E-state index >= 15 is 0 Å². The zero-order chi connectivity index (χ0) is 10.8. The van der Waals surface area contributed by atoms with Crippen LogP contribution in [0.2, 0.25) is 0 Å². The number of hydrogen-bond donors (Lipinski definition) is 1. The van der Waals surface area contributed by atoms with Gasteiger partial charge < -0.3 is 4.98 Å². The Hall–Kier alpha value is -1.35. The highest BCUT2D eigenvalue weighted by atomic mass is 32.1. The van der Waals surface area contributed by atoms with Gasteiger partial charge in [-0.2, -0.15) is 0 Å². The summed E-state index contributed by atoms with van der Waals surface area (Å²) in [6.07, 6.45) is 1.04. The number of benzene rings is 1. The van der Waals surface area contributed by atoms with Crippen LogP contribution in [0, 0.1) is 6.92 Å². The lowest BCUT2D eigenvalue weighted by Gasteiger charge is -2.01. The maximum absolute atomic E-state index is 11.2. The summed E-state index contributed by atoms with van der Waals surface area (Å²) in [5, 5.41) is 0. The molecule has 2 nitrogen and oxygen atoms in total. The lowest BCUT2D eigenvalue weighted by Crippen LogP contribution is -1.92. The van der Waals surface area contributed by atoms with Gasteiger partial charge in [-0.3, -0.25) is 4.79 Å². The first-order valence-electron chi connectivity index (χ1n) is 4.99. The Morgan fingerprint density at radius 2 is 1.93 bits per heavy atom. The van der Waals surface area contributed by atoms with E-state index < -0.39 is 0 Å². The summed E-state index contributed by atoms with van der Waals surface area (Å²) in [7, 11) is 0. The lowest BCUT2D eigenvalue weighted by atomic mass is 10.1. The van der Waals surface area contributed by atoms with E-state index in [0.29, 0.717) is 0 Å². The largest absolute Gasteiger partial charge is 0.312 e. The van der Waals surface area contributed by atoms with Crippen molar-refractivity contribution in [2.24, 2.45) is 0 Å². The van der Waals surface area contributed by atoms with Gasteiger partial charge in [0, 0.05) is 4.88 Å². The van der Waals surface area contributed by atoms with Gasteiger partial charge in [0.25, 0.3) is 0 Å². The van der Waals surface area contributed by atoms with Crippen LogP contribution < -0.4 is 4.87 Å². The Morgan fingerprint density at radius 1 is 1.27 bits per heavy atom. The summed E-state index contributed by atoms with van der Waals surface area (Å²) < 4.78 is 0. The van der Waals surface area contributed by atoms with Crippen molar-refractivity contribution in [2.75, 3.05) is 0 Å². The first-order valence-corrected chi connectivity index (χ1v) is 5.81. The summed E-state index contributed by atoms with van der Waals surface area (Å²) in [4.78, 5) is 15.1. The Morgan fingerprint density at radius 3 is 2.40 bits per heavy atom.